The maximum absolute atomic E-state index is 11.7. The van der Waals surface area contributed by atoms with Crippen molar-refractivity contribution >= 4 is 17.6 Å². The molecule has 2 rings (SSSR count). The highest BCUT2D eigenvalue weighted by molar-refractivity contribution is 5.92. The molecule has 1 aromatic rings. The van der Waals surface area contributed by atoms with Crippen LogP contribution in [0.3, 0.4) is 0 Å². The number of carboxylic acids is 1. The van der Waals surface area contributed by atoms with Crippen LogP contribution in [0.5, 0.6) is 0 Å². The van der Waals surface area contributed by atoms with Crippen LogP contribution in [0, 0.1) is 0 Å². The first-order valence-corrected chi connectivity index (χ1v) is 5.77. The molecule has 0 spiro atoms. The summed E-state index contributed by atoms with van der Waals surface area (Å²) in [5.41, 5.74) is 6.03. The van der Waals surface area contributed by atoms with Crippen molar-refractivity contribution in [3.8, 4) is 0 Å². The van der Waals surface area contributed by atoms with Crippen molar-refractivity contribution in [2.24, 2.45) is 5.73 Å². The lowest BCUT2D eigenvalue weighted by Gasteiger charge is -2.37. The van der Waals surface area contributed by atoms with Crippen LogP contribution in [0.2, 0.25) is 0 Å². The van der Waals surface area contributed by atoms with E-state index in [-0.39, 0.29) is 23.6 Å². The first-order chi connectivity index (χ1) is 8.48. The van der Waals surface area contributed by atoms with Gasteiger partial charge in [0.2, 0.25) is 5.91 Å². The van der Waals surface area contributed by atoms with Crippen molar-refractivity contribution in [2.75, 3.05) is 5.32 Å². The van der Waals surface area contributed by atoms with Gasteiger partial charge in [-0.15, -0.1) is 0 Å². The standard InChI is InChI=1S/C12H15N3O3/c13-12(4-1-5-12)6-10(16)15-8-2-3-9(11(17)18)14-7-8/h2-3,7H,1,4-6,13H2,(H,15,16)(H,17,18). The Balaban J connectivity index is 1.92. The lowest BCUT2D eigenvalue weighted by Crippen LogP contribution is -2.48. The fourth-order valence-corrected chi connectivity index (χ4v) is 1.93. The number of hydrogen-bond acceptors (Lipinski definition) is 4. The molecule has 1 aliphatic carbocycles. The number of nitrogens with zero attached hydrogens (tertiary/aromatic N) is 1. The minimum atomic E-state index is -1.09. The van der Waals surface area contributed by atoms with Crippen molar-refractivity contribution in [1.82, 2.24) is 4.98 Å². The highest BCUT2D eigenvalue weighted by atomic mass is 16.4. The SMILES string of the molecule is NC1(CC(=O)Nc2ccc(C(=O)O)nc2)CCC1. The van der Waals surface area contributed by atoms with Gasteiger partial charge in [-0.25, -0.2) is 9.78 Å². The van der Waals surface area contributed by atoms with E-state index >= 15 is 0 Å². The zero-order chi connectivity index (χ0) is 13.2. The van der Waals surface area contributed by atoms with E-state index in [1.165, 1.54) is 18.3 Å². The fraction of sp³-hybridized carbons (Fsp3) is 0.417. The third-order valence-electron chi connectivity index (χ3n) is 3.13. The van der Waals surface area contributed by atoms with Gasteiger partial charge in [0.05, 0.1) is 11.9 Å². The maximum Gasteiger partial charge on any atom is 0.354 e. The number of carbonyl (C=O) groups excluding carboxylic acids is 1. The van der Waals surface area contributed by atoms with Gasteiger partial charge in [-0.05, 0) is 31.4 Å². The summed E-state index contributed by atoms with van der Waals surface area (Å²) < 4.78 is 0. The van der Waals surface area contributed by atoms with E-state index in [1.807, 2.05) is 0 Å². The second-order valence-electron chi connectivity index (χ2n) is 4.68. The van der Waals surface area contributed by atoms with Crippen molar-refractivity contribution < 1.29 is 14.7 Å². The Hall–Kier alpha value is -1.95. The van der Waals surface area contributed by atoms with Gasteiger partial charge in [0.25, 0.3) is 0 Å². The molecule has 0 bridgehead atoms. The van der Waals surface area contributed by atoms with Crippen molar-refractivity contribution in [3.05, 3.63) is 24.0 Å². The van der Waals surface area contributed by atoms with E-state index in [0.717, 1.165) is 19.3 Å². The monoisotopic (exact) mass is 249 g/mol. The number of carboxylic acid groups (broad SMARTS) is 1. The lowest BCUT2D eigenvalue weighted by atomic mass is 9.75. The van der Waals surface area contributed by atoms with Crippen molar-refractivity contribution in [1.29, 1.82) is 0 Å². The molecule has 18 heavy (non-hydrogen) atoms. The Morgan fingerprint density at radius 3 is 2.61 bits per heavy atom. The quantitative estimate of drug-likeness (QED) is 0.738. The van der Waals surface area contributed by atoms with Gasteiger partial charge in [0.15, 0.2) is 0 Å². The van der Waals surface area contributed by atoms with Gasteiger partial charge in [0, 0.05) is 12.0 Å². The van der Waals surface area contributed by atoms with Crippen LogP contribution in [0.4, 0.5) is 5.69 Å². The molecule has 6 heteroatoms. The smallest absolute Gasteiger partial charge is 0.354 e. The maximum atomic E-state index is 11.7. The number of hydrogen-bond donors (Lipinski definition) is 3. The summed E-state index contributed by atoms with van der Waals surface area (Å²) in [4.78, 5) is 26.0. The van der Waals surface area contributed by atoms with E-state index in [2.05, 4.69) is 10.3 Å². The van der Waals surface area contributed by atoms with E-state index in [9.17, 15) is 9.59 Å². The molecule has 4 N–H and O–H groups in total. The molecule has 0 saturated heterocycles. The van der Waals surface area contributed by atoms with Gasteiger partial charge < -0.3 is 16.2 Å². The number of anilines is 1. The summed E-state index contributed by atoms with van der Waals surface area (Å²) in [6.45, 7) is 0. The minimum absolute atomic E-state index is 0.0534. The lowest BCUT2D eigenvalue weighted by molar-refractivity contribution is -0.118. The van der Waals surface area contributed by atoms with E-state index in [4.69, 9.17) is 10.8 Å². The van der Waals surface area contributed by atoms with E-state index in [1.54, 1.807) is 0 Å². The molecule has 6 nitrogen and oxygen atoms in total. The first-order valence-electron chi connectivity index (χ1n) is 5.77. The number of nitrogens with two attached hydrogens (primary N) is 1. The van der Waals surface area contributed by atoms with E-state index in [0.29, 0.717) is 5.69 Å². The molecule has 1 aromatic heterocycles. The zero-order valence-electron chi connectivity index (χ0n) is 9.85. The molecule has 1 fully saturated rings. The number of nitrogens with one attached hydrogen (secondary N) is 1. The number of rotatable bonds is 4. The Morgan fingerprint density at radius 2 is 2.17 bits per heavy atom. The number of aromatic nitrogens is 1. The normalized spacial score (nSPS) is 16.7. The average molecular weight is 249 g/mol. The summed E-state index contributed by atoms with van der Waals surface area (Å²) in [5, 5.41) is 11.3. The topological polar surface area (TPSA) is 105 Å². The molecule has 0 aliphatic heterocycles. The second-order valence-corrected chi connectivity index (χ2v) is 4.68. The molecule has 96 valence electrons. The molecular formula is C12H15N3O3. The molecule has 1 heterocycles. The Kier molecular flexibility index (Phi) is 3.29. The minimum Gasteiger partial charge on any atom is -0.477 e. The second kappa shape index (κ2) is 4.73. The molecule has 1 aliphatic rings. The van der Waals surface area contributed by atoms with Crippen LogP contribution < -0.4 is 11.1 Å². The number of carbonyl (C=O) groups is 2. The van der Waals surface area contributed by atoms with Crippen LogP contribution in [0.15, 0.2) is 18.3 Å². The Labute approximate surface area is 104 Å². The molecule has 1 amide bonds. The van der Waals surface area contributed by atoms with Crippen LogP contribution in [-0.4, -0.2) is 27.5 Å². The Morgan fingerprint density at radius 1 is 1.44 bits per heavy atom. The number of pyridine rings is 1. The summed E-state index contributed by atoms with van der Waals surface area (Å²) in [6.07, 6.45) is 4.42. The van der Waals surface area contributed by atoms with Crippen molar-refractivity contribution in [2.45, 2.75) is 31.2 Å². The van der Waals surface area contributed by atoms with Gasteiger partial charge >= 0.3 is 5.97 Å². The van der Waals surface area contributed by atoms with Gasteiger partial charge in [-0.3, -0.25) is 4.79 Å². The first kappa shape index (κ1) is 12.5. The van der Waals surface area contributed by atoms with Crippen LogP contribution >= 0.6 is 0 Å². The van der Waals surface area contributed by atoms with E-state index < -0.39 is 5.97 Å². The molecule has 0 aromatic carbocycles. The van der Waals surface area contributed by atoms with Crippen LogP contribution in [0.1, 0.15) is 36.2 Å². The molecule has 0 radical (unpaired) electrons. The summed E-state index contributed by atoms with van der Waals surface area (Å²) in [5.74, 6) is -1.26. The average Bonchev–Trinajstić information content (AvgIpc) is 2.27. The van der Waals surface area contributed by atoms with Crippen LogP contribution in [-0.2, 0) is 4.79 Å². The van der Waals surface area contributed by atoms with Crippen LogP contribution in [0.25, 0.3) is 0 Å². The highest BCUT2D eigenvalue weighted by Gasteiger charge is 2.34. The van der Waals surface area contributed by atoms with Gasteiger partial charge in [-0.1, -0.05) is 0 Å². The third kappa shape index (κ3) is 2.84. The largest absolute Gasteiger partial charge is 0.477 e. The predicted octanol–water partition coefficient (Wildman–Crippen LogP) is 0.990. The Bertz CT molecular complexity index is 466. The molecule has 1 saturated carbocycles. The summed E-state index contributed by atoms with van der Waals surface area (Å²) >= 11 is 0. The van der Waals surface area contributed by atoms with Gasteiger partial charge in [-0.2, -0.15) is 0 Å². The molecule has 0 atom stereocenters. The third-order valence-corrected chi connectivity index (χ3v) is 3.13. The number of amides is 1. The van der Waals surface area contributed by atoms with Crippen molar-refractivity contribution in [3.63, 3.8) is 0 Å². The summed E-state index contributed by atoms with van der Waals surface area (Å²) in [7, 11) is 0. The molecular weight excluding hydrogens is 234 g/mol. The molecule has 0 unspecified atom stereocenters. The highest BCUT2D eigenvalue weighted by Crippen LogP contribution is 2.32. The fourth-order valence-electron chi connectivity index (χ4n) is 1.93. The number of aromatic carboxylic acids is 1. The summed E-state index contributed by atoms with van der Waals surface area (Å²) in [6, 6.07) is 2.86. The van der Waals surface area contributed by atoms with Gasteiger partial charge in [0.1, 0.15) is 5.69 Å². The zero-order valence-corrected chi connectivity index (χ0v) is 9.85. The predicted molar refractivity (Wildman–Crippen MR) is 65.2 cm³/mol.